The van der Waals surface area contributed by atoms with Gasteiger partial charge in [0.1, 0.15) is 18.0 Å². The van der Waals surface area contributed by atoms with E-state index in [-0.39, 0.29) is 18.2 Å². The number of fused-ring (bicyclic) bond motifs is 1. The minimum atomic E-state index is -0.320. The van der Waals surface area contributed by atoms with Crippen molar-refractivity contribution in [3.8, 4) is 5.75 Å². The predicted octanol–water partition coefficient (Wildman–Crippen LogP) is 4.53. The minimum Gasteiger partial charge on any atom is -0.487 e. The van der Waals surface area contributed by atoms with Crippen molar-refractivity contribution in [3.05, 3.63) is 100 Å². The molecular formula is C24H22N4O3. The highest BCUT2D eigenvalue weighted by Crippen LogP contribution is 2.18. The first-order valence-electron chi connectivity index (χ1n) is 9.83. The lowest BCUT2D eigenvalue weighted by Crippen LogP contribution is -2.19. The van der Waals surface area contributed by atoms with Crippen molar-refractivity contribution < 1.29 is 9.53 Å². The van der Waals surface area contributed by atoms with Gasteiger partial charge in [-0.1, -0.05) is 18.2 Å². The van der Waals surface area contributed by atoms with Crippen molar-refractivity contribution in [3.63, 3.8) is 0 Å². The Balaban J connectivity index is 1.38. The van der Waals surface area contributed by atoms with Crippen LogP contribution in [0.15, 0.2) is 77.7 Å². The zero-order valence-electron chi connectivity index (χ0n) is 17.3. The molecule has 0 unspecified atom stereocenters. The summed E-state index contributed by atoms with van der Waals surface area (Å²) in [4.78, 5) is 28.9. The maximum absolute atomic E-state index is 12.2. The second-order valence-corrected chi connectivity index (χ2v) is 7.23. The molecule has 0 aliphatic heterocycles. The molecule has 0 radical (unpaired) electrons. The summed E-state index contributed by atoms with van der Waals surface area (Å²) >= 11 is 0. The van der Waals surface area contributed by atoms with Crippen LogP contribution in [-0.2, 0) is 6.61 Å². The number of nitrogens with one attached hydrogen (secondary N) is 2. The molecule has 7 heteroatoms. The third-order valence-corrected chi connectivity index (χ3v) is 4.77. The number of carbonyl (C=O) groups is 1. The Morgan fingerprint density at radius 3 is 2.55 bits per heavy atom. The Labute approximate surface area is 179 Å². The van der Waals surface area contributed by atoms with Crippen LogP contribution < -0.4 is 20.9 Å². The van der Waals surface area contributed by atoms with Crippen LogP contribution in [0.3, 0.4) is 0 Å². The highest BCUT2D eigenvalue weighted by molar-refractivity contribution is 6.00. The number of hydrogen-bond donors (Lipinski definition) is 2. The van der Waals surface area contributed by atoms with Crippen molar-refractivity contribution in [2.75, 3.05) is 10.6 Å². The lowest BCUT2D eigenvalue weighted by molar-refractivity contribution is 0.262. The van der Waals surface area contributed by atoms with Crippen LogP contribution in [-0.4, -0.2) is 15.4 Å². The second kappa shape index (κ2) is 8.71. The zero-order chi connectivity index (χ0) is 21.8. The third kappa shape index (κ3) is 4.90. The number of rotatable bonds is 5. The molecule has 31 heavy (non-hydrogen) atoms. The van der Waals surface area contributed by atoms with E-state index in [0.717, 1.165) is 16.8 Å². The molecule has 4 aromatic rings. The Morgan fingerprint density at radius 2 is 1.77 bits per heavy atom. The first kappa shape index (κ1) is 20.2. The van der Waals surface area contributed by atoms with Crippen molar-refractivity contribution in [1.82, 2.24) is 9.38 Å². The van der Waals surface area contributed by atoms with Gasteiger partial charge in [0.25, 0.3) is 5.56 Å². The number of aryl methyl sites for hydroxylation is 2. The number of para-hydroxylation sites is 1. The van der Waals surface area contributed by atoms with Crippen LogP contribution in [0.4, 0.5) is 16.2 Å². The summed E-state index contributed by atoms with van der Waals surface area (Å²) in [5, 5.41) is 5.61. The van der Waals surface area contributed by atoms with Crippen molar-refractivity contribution in [2.24, 2.45) is 0 Å². The molecule has 4 rings (SSSR count). The van der Waals surface area contributed by atoms with Crippen LogP contribution in [0.2, 0.25) is 0 Å². The van der Waals surface area contributed by atoms with E-state index in [9.17, 15) is 9.59 Å². The van der Waals surface area contributed by atoms with Gasteiger partial charge in [0.2, 0.25) is 0 Å². The number of hydrogen-bond acceptors (Lipinski definition) is 4. The van der Waals surface area contributed by atoms with E-state index in [0.29, 0.717) is 22.8 Å². The largest absolute Gasteiger partial charge is 0.487 e. The van der Waals surface area contributed by atoms with Gasteiger partial charge < -0.3 is 15.4 Å². The molecule has 0 bridgehead atoms. The van der Waals surface area contributed by atoms with Crippen LogP contribution in [0, 0.1) is 13.8 Å². The Hall–Kier alpha value is -4.13. The van der Waals surface area contributed by atoms with E-state index in [1.54, 1.807) is 30.5 Å². The molecule has 156 valence electrons. The molecule has 0 saturated carbocycles. The highest BCUT2D eigenvalue weighted by Gasteiger charge is 2.06. The van der Waals surface area contributed by atoms with Crippen molar-refractivity contribution in [2.45, 2.75) is 20.5 Å². The van der Waals surface area contributed by atoms with Gasteiger partial charge in [0.05, 0.1) is 5.69 Å². The summed E-state index contributed by atoms with van der Waals surface area (Å²) in [7, 11) is 0. The summed E-state index contributed by atoms with van der Waals surface area (Å²) in [5.41, 5.74) is 4.39. The number of anilines is 2. The molecule has 0 spiro atoms. The number of carbonyl (C=O) groups excluding carboxylic acids is 1. The average Bonchev–Trinajstić information content (AvgIpc) is 2.74. The van der Waals surface area contributed by atoms with Gasteiger partial charge >= 0.3 is 6.03 Å². The van der Waals surface area contributed by atoms with E-state index >= 15 is 0 Å². The third-order valence-electron chi connectivity index (χ3n) is 4.77. The molecule has 2 aromatic carbocycles. The summed E-state index contributed by atoms with van der Waals surface area (Å²) in [5.74, 6) is 0.608. The predicted molar refractivity (Wildman–Crippen MR) is 121 cm³/mol. The van der Waals surface area contributed by atoms with Gasteiger partial charge in [0, 0.05) is 23.6 Å². The first-order chi connectivity index (χ1) is 15.0. The molecule has 0 atom stereocenters. The molecule has 7 nitrogen and oxygen atoms in total. The molecule has 0 fully saturated rings. The first-order valence-corrected chi connectivity index (χ1v) is 9.83. The Morgan fingerprint density at radius 1 is 1.00 bits per heavy atom. The number of amides is 2. The molecule has 0 aliphatic rings. The normalized spacial score (nSPS) is 10.6. The van der Waals surface area contributed by atoms with E-state index < -0.39 is 0 Å². The van der Waals surface area contributed by atoms with Gasteiger partial charge in [-0.2, -0.15) is 0 Å². The van der Waals surface area contributed by atoms with Crippen LogP contribution in [0.1, 0.15) is 16.8 Å². The summed E-state index contributed by atoms with van der Waals surface area (Å²) in [6.45, 7) is 4.05. The molecule has 0 aliphatic carbocycles. The number of aromatic nitrogens is 2. The lowest BCUT2D eigenvalue weighted by atomic mass is 10.2. The number of nitrogens with zero attached hydrogens (tertiary/aromatic N) is 2. The Bertz CT molecular complexity index is 1300. The number of urea groups is 1. The molecule has 2 amide bonds. The van der Waals surface area contributed by atoms with E-state index in [1.807, 2.05) is 50.2 Å². The summed E-state index contributed by atoms with van der Waals surface area (Å²) in [6, 6.07) is 19.4. The van der Waals surface area contributed by atoms with Gasteiger partial charge in [-0.05, 0) is 67.4 Å². The molecule has 2 N–H and O–H groups in total. The fourth-order valence-electron chi connectivity index (χ4n) is 3.12. The fourth-order valence-corrected chi connectivity index (χ4v) is 3.12. The number of pyridine rings is 1. The SMILES string of the molecule is Cc1ccn2c(=O)cc(COc3ccc(NC(=O)Nc4ccccc4C)cc3)nc2c1. The molecule has 0 saturated heterocycles. The Kier molecular flexibility index (Phi) is 5.66. The number of ether oxygens (including phenoxy) is 1. The quantitative estimate of drug-likeness (QED) is 0.502. The van der Waals surface area contributed by atoms with E-state index in [1.165, 1.54) is 10.5 Å². The van der Waals surface area contributed by atoms with Crippen molar-refractivity contribution in [1.29, 1.82) is 0 Å². The standard InChI is InChI=1S/C24H22N4O3/c1-16-11-12-28-22(13-16)25-19(14-23(28)29)15-31-20-9-7-18(8-10-20)26-24(30)27-21-6-4-3-5-17(21)2/h3-14H,15H2,1-2H3,(H2,26,27,30). The van der Waals surface area contributed by atoms with Crippen LogP contribution >= 0.6 is 0 Å². The second-order valence-electron chi connectivity index (χ2n) is 7.23. The monoisotopic (exact) mass is 414 g/mol. The van der Waals surface area contributed by atoms with Crippen LogP contribution in [0.25, 0.3) is 5.65 Å². The fraction of sp³-hybridized carbons (Fsp3) is 0.125. The molecule has 2 heterocycles. The van der Waals surface area contributed by atoms with Crippen molar-refractivity contribution >= 4 is 23.1 Å². The summed E-state index contributed by atoms with van der Waals surface area (Å²) in [6.07, 6.45) is 1.71. The summed E-state index contributed by atoms with van der Waals surface area (Å²) < 4.78 is 7.26. The lowest BCUT2D eigenvalue weighted by Gasteiger charge is -2.11. The van der Waals surface area contributed by atoms with E-state index in [4.69, 9.17) is 4.74 Å². The number of benzene rings is 2. The van der Waals surface area contributed by atoms with Crippen LogP contribution in [0.5, 0.6) is 5.75 Å². The van der Waals surface area contributed by atoms with Gasteiger partial charge in [0.15, 0.2) is 0 Å². The highest BCUT2D eigenvalue weighted by atomic mass is 16.5. The van der Waals surface area contributed by atoms with Gasteiger partial charge in [-0.3, -0.25) is 9.20 Å². The van der Waals surface area contributed by atoms with Gasteiger partial charge in [-0.25, -0.2) is 9.78 Å². The maximum atomic E-state index is 12.2. The minimum absolute atomic E-state index is 0.150. The van der Waals surface area contributed by atoms with Gasteiger partial charge in [-0.15, -0.1) is 0 Å². The molecular weight excluding hydrogens is 392 g/mol. The van der Waals surface area contributed by atoms with E-state index in [2.05, 4.69) is 15.6 Å². The smallest absolute Gasteiger partial charge is 0.323 e. The average molecular weight is 414 g/mol. The topological polar surface area (TPSA) is 84.7 Å². The molecule has 2 aromatic heterocycles. The maximum Gasteiger partial charge on any atom is 0.323 e. The zero-order valence-corrected chi connectivity index (χ0v) is 17.3.